The van der Waals surface area contributed by atoms with Gasteiger partial charge in [-0.05, 0) is 77.2 Å². The lowest BCUT2D eigenvalue weighted by molar-refractivity contribution is -0.142. The minimum atomic E-state index is -0.727. The molecule has 46 heavy (non-hydrogen) atoms. The molecule has 2 saturated heterocycles. The van der Waals surface area contributed by atoms with Gasteiger partial charge in [0, 0.05) is 45.0 Å². The van der Waals surface area contributed by atoms with Crippen LogP contribution >= 0.6 is 0 Å². The molecular weight excluding hydrogens is 582 g/mol. The van der Waals surface area contributed by atoms with Gasteiger partial charge in [-0.1, -0.05) is 60.5 Å². The summed E-state index contributed by atoms with van der Waals surface area (Å²) in [4.78, 5) is 60.0. The average Bonchev–Trinajstić information content (AvgIpc) is 3.50. The van der Waals surface area contributed by atoms with E-state index in [1.165, 1.54) is 0 Å². The first-order valence-corrected chi connectivity index (χ1v) is 17.8. The fraction of sp³-hybridized carbons (Fsp3) is 0.833. The number of rotatable bonds is 16. The fourth-order valence-electron chi connectivity index (χ4n) is 6.53. The van der Waals surface area contributed by atoms with Crippen LogP contribution in [0.25, 0.3) is 0 Å². The van der Waals surface area contributed by atoms with Gasteiger partial charge in [0.25, 0.3) is 0 Å². The van der Waals surface area contributed by atoms with Gasteiger partial charge in [0.05, 0.1) is 12.1 Å². The zero-order valence-electron chi connectivity index (χ0n) is 30.6. The number of hydrogen-bond acceptors (Lipinski definition) is 6. The number of carbonyl (C=O) groups is 4. The zero-order valence-corrected chi connectivity index (χ0v) is 30.6. The van der Waals surface area contributed by atoms with Crippen molar-refractivity contribution < 1.29 is 23.9 Å². The van der Waals surface area contributed by atoms with E-state index in [-0.39, 0.29) is 47.7 Å². The number of amides is 4. The van der Waals surface area contributed by atoms with Crippen molar-refractivity contribution in [3.8, 4) is 0 Å². The highest BCUT2D eigenvalue weighted by Crippen LogP contribution is 2.27. The van der Waals surface area contributed by atoms with Crippen molar-refractivity contribution in [3.05, 3.63) is 11.6 Å². The van der Waals surface area contributed by atoms with Crippen LogP contribution in [0.5, 0.6) is 0 Å². The Labute approximate surface area is 279 Å². The Morgan fingerprint density at radius 3 is 2.20 bits per heavy atom. The fourth-order valence-corrected chi connectivity index (χ4v) is 6.53. The molecule has 2 heterocycles. The molecule has 4 atom stereocenters. The number of nitrogens with one attached hydrogen (secondary N) is 2. The molecule has 4 amide bonds. The van der Waals surface area contributed by atoms with Crippen LogP contribution in [0, 0.1) is 11.3 Å². The summed E-state index contributed by atoms with van der Waals surface area (Å²) in [6, 6.07) is -1.60. The smallest absolute Gasteiger partial charge is 0.249 e. The van der Waals surface area contributed by atoms with E-state index in [1.54, 1.807) is 23.8 Å². The Kier molecular flexibility index (Phi) is 16.2. The Morgan fingerprint density at radius 2 is 1.59 bits per heavy atom. The first-order chi connectivity index (χ1) is 21.6. The zero-order chi connectivity index (χ0) is 34.6. The third kappa shape index (κ3) is 11.4. The molecule has 2 aliphatic rings. The molecule has 264 valence electrons. The molecule has 2 rings (SSSR count). The maximum absolute atomic E-state index is 14.1. The molecule has 0 aromatic rings. The normalized spacial score (nSPS) is 21.0. The van der Waals surface area contributed by atoms with E-state index >= 15 is 0 Å². The van der Waals surface area contributed by atoms with E-state index in [0.29, 0.717) is 31.7 Å². The number of piperidine rings is 1. The van der Waals surface area contributed by atoms with Crippen molar-refractivity contribution in [2.24, 2.45) is 11.3 Å². The van der Waals surface area contributed by atoms with E-state index in [0.717, 1.165) is 58.1 Å². The van der Waals surface area contributed by atoms with Crippen LogP contribution in [-0.2, 0) is 23.9 Å². The van der Waals surface area contributed by atoms with E-state index in [9.17, 15) is 19.2 Å². The summed E-state index contributed by atoms with van der Waals surface area (Å²) >= 11 is 0. The molecule has 0 unspecified atom stereocenters. The lowest BCUT2D eigenvalue weighted by Gasteiger charge is -2.41. The molecule has 0 spiro atoms. The van der Waals surface area contributed by atoms with Crippen LogP contribution in [0.15, 0.2) is 11.6 Å². The Balaban J connectivity index is 2.13. The second-order valence-corrected chi connectivity index (χ2v) is 15.0. The first-order valence-electron chi connectivity index (χ1n) is 17.8. The molecule has 10 nitrogen and oxygen atoms in total. The van der Waals surface area contributed by atoms with Gasteiger partial charge in [0.1, 0.15) is 12.1 Å². The second-order valence-electron chi connectivity index (χ2n) is 15.0. The number of likely N-dealkylation sites (N-methyl/N-ethyl adjacent to an activating group) is 1. The summed E-state index contributed by atoms with van der Waals surface area (Å²) in [6.07, 6.45) is 8.97. The van der Waals surface area contributed by atoms with Crippen LogP contribution in [-0.4, -0.2) is 108 Å². The summed E-state index contributed by atoms with van der Waals surface area (Å²) in [5.41, 5.74) is -0.0138. The molecule has 0 aromatic heterocycles. The van der Waals surface area contributed by atoms with Crippen molar-refractivity contribution in [3.63, 3.8) is 0 Å². The summed E-state index contributed by atoms with van der Waals surface area (Å²) in [5.74, 6) is -0.572. The Morgan fingerprint density at radius 1 is 0.935 bits per heavy atom. The van der Waals surface area contributed by atoms with Crippen LogP contribution in [0.2, 0.25) is 0 Å². The molecule has 2 aliphatic heterocycles. The van der Waals surface area contributed by atoms with E-state index in [2.05, 4.69) is 36.3 Å². The van der Waals surface area contributed by atoms with E-state index in [4.69, 9.17) is 4.74 Å². The standard InChI is InChI=1S/C36H65N5O5/c1-11-12-22-46-23-16-19-37-32(42)28-18-15-21-41(28)34(44)27(6)24-30(25(2)3)39(10)35(45)31(36(7,8)9)38-33(43)29-17-13-14-20-40(29)26(4)5/h24-26,28-31H,11-23H2,1-10H3,(H,37,42)(H,38,43)/b27-24+/t28-,29+,30+,31+/m0/s1. The average molecular weight is 648 g/mol. The van der Waals surface area contributed by atoms with E-state index < -0.39 is 17.5 Å². The highest BCUT2D eigenvalue weighted by Gasteiger charge is 2.40. The summed E-state index contributed by atoms with van der Waals surface area (Å²) in [6.45, 7) is 21.3. The lowest BCUT2D eigenvalue weighted by Crippen LogP contribution is -2.60. The van der Waals surface area contributed by atoms with Gasteiger partial charge in [-0.3, -0.25) is 24.1 Å². The van der Waals surface area contributed by atoms with Crippen LogP contribution in [0.1, 0.15) is 114 Å². The lowest BCUT2D eigenvalue weighted by atomic mass is 9.84. The molecule has 0 radical (unpaired) electrons. The predicted molar refractivity (Wildman–Crippen MR) is 184 cm³/mol. The van der Waals surface area contributed by atoms with Crippen molar-refractivity contribution in [2.45, 2.75) is 144 Å². The van der Waals surface area contributed by atoms with Crippen LogP contribution in [0.3, 0.4) is 0 Å². The SMILES string of the molecule is CCCCOCCCNC(=O)[C@@H]1CCCN1C(=O)/C(C)=C/[C@H](C(C)C)N(C)C(=O)[C@@H](NC(=O)[C@H]1CCCCN1C(C)C)C(C)(C)C. The van der Waals surface area contributed by atoms with Gasteiger partial charge in [-0.2, -0.15) is 0 Å². The summed E-state index contributed by atoms with van der Waals surface area (Å²) < 4.78 is 5.58. The van der Waals surface area contributed by atoms with Crippen molar-refractivity contribution >= 4 is 23.6 Å². The molecule has 10 heteroatoms. The first kappa shape index (κ1) is 39.7. The maximum Gasteiger partial charge on any atom is 0.249 e. The minimum absolute atomic E-state index is 0.0139. The summed E-state index contributed by atoms with van der Waals surface area (Å²) in [5, 5.41) is 6.12. The number of hydrogen-bond donors (Lipinski definition) is 2. The minimum Gasteiger partial charge on any atom is -0.381 e. The number of carbonyl (C=O) groups excluding carboxylic acids is 4. The molecule has 2 N–H and O–H groups in total. The van der Waals surface area contributed by atoms with E-state index in [1.807, 2.05) is 40.7 Å². The van der Waals surface area contributed by atoms with Gasteiger partial charge >= 0.3 is 0 Å². The predicted octanol–water partition coefficient (Wildman–Crippen LogP) is 4.52. The van der Waals surface area contributed by atoms with Crippen molar-refractivity contribution in [1.29, 1.82) is 0 Å². The van der Waals surface area contributed by atoms with Crippen LogP contribution < -0.4 is 10.6 Å². The second kappa shape index (κ2) is 18.8. The van der Waals surface area contributed by atoms with Gasteiger partial charge in [0.2, 0.25) is 23.6 Å². The van der Waals surface area contributed by atoms with Gasteiger partial charge in [0.15, 0.2) is 0 Å². The highest BCUT2D eigenvalue weighted by atomic mass is 16.5. The number of unbranched alkanes of at least 4 members (excludes halogenated alkanes) is 1. The van der Waals surface area contributed by atoms with Gasteiger partial charge < -0.3 is 25.2 Å². The monoisotopic (exact) mass is 647 g/mol. The molecule has 0 bridgehead atoms. The van der Waals surface area contributed by atoms with Crippen LogP contribution in [0.4, 0.5) is 0 Å². The molecule has 0 aromatic carbocycles. The maximum atomic E-state index is 14.1. The van der Waals surface area contributed by atoms with Crippen molar-refractivity contribution in [1.82, 2.24) is 25.3 Å². The van der Waals surface area contributed by atoms with Gasteiger partial charge in [-0.25, -0.2) is 0 Å². The van der Waals surface area contributed by atoms with Gasteiger partial charge in [-0.15, -0.1) is 0 Å². The van der Waals surface area contributed by atoms with Crippen molar-refractivity contribution in [2.75, 3.05) is 39.9 Å². The molecule has 0 saturated carbocycles. The highest BCUT2D eigenvalue weighted by molar-refractivity contribution is 5.97. The number of ether oxygens (including phenoxy) is 1. The molecule has 2 fully saturated rings. The third-order valence-electron chi connectivity index (χ3n) is 9.37. The Bertz CT molecular complexity index is 1040. The largest absolute Gasteiger partial charge is 0.381 e. The summed E-state index contributed by atoms with van der Waals surface area (Å²) in [7, 11) is 1.76. The number of likely N-dealkylation sites (tertiary alicyclic amines) is 2. The third-order valence-corrected chi connectivity index (χ3v) is 9.37. The number of nitrogens with zero attached hydrogens (tertiary/aromatic N) is 3. The topological polar surface area (TPSA) is 111 Å². The quantitative estimate of drug-likeness (QED) is 0.188. The Hall–Kier alpha value is -2.46. The molecule has 0 aliphatic carbocycles. The molecular formula is C36H65N5O5.